The SMILES string of the molecule is CO[C@@H](C)COC(=O)[C@H](C)N[P@@](=O)(Oc1ccccc1)O[C@H]1[C@]2(O)[C@@H](O)[C@@H](c3ccc4c(N)ncnn34)O[C@]12CF. The number of aliphatic hydroxyl groups excluding tert-OH is 1. The molecule has 2 aliphatic rings. The molecule has 1 aromatic carbocycles. The number of para-hydroxylation sites is 1. The van der Waals surface area contributed by atoms with Crippen molar-refractivity contribution in [2.24, 2.45) is 0 Å². The third-order valence-electron chi connectivity index (χ3n) is 7.27. The van der Waals surface area contributed by atoms with Crippen molar-refractivity contribution in [3.05, 3.63) is 54.5 Å². The normalized spacial score (nSPS) is 29.9. The first kappa shape index (κ1) is 29.3. The molecule has 1 saturated heterocycles. The van der Waals surface area contributed by atoms with Gasteiger partial charge in [-0.15, -0.1) is 0 Å². The minimum absolute atomic E-state index is 0.0637. The van der Waals surface area contributed by atoms with Gasteiger partial charge in [0.1, 0.15) is 55.2 Å². The number of nitrogens with two attached hydrogens (primary N) is 1. The second-order valence-electron chi connectivity index (χ2n) is 9.95. The van der Waals surface area contributed by atoms with E-state index in [0.29, 0.717) is 5.52 Å². The summed E-state index contributed by atoms with van der Waals surface area (Å²) >= 11 is 0. The van der Waals surface area contributed by atoms with Gasteiger partial charge in [0, 0.05) is 7.11 Å². The highest BCUT2D eigenvalue weighted by Crippen LogP contribution is 2.68. The van der Waals surface area contributed by atoms with Gasteiger partial charge in [0.2, 0.25) is 0 Å². The Labute approximate surface area is 234 Å². The Morgan fingerprint density at radius 3 is 2.68 bits per heavy atom. The maximum absolute atomic E-state index is 14.6. The van der Waals surface area contributed by atoms with Crippen molar-refractivity contribution in [1.82, 2.24) is 19.7 Å². The molecule has 0 unspecified atom stereocenters. The smallest absolute Gasteiger partial charge is 0.459 e. The van der Waals surface area contributed by atoms with Crippen molar-refractivity contribution < 1.29 is 47.2 Å². The Balaban J connectivity index is 1.39. The molecule has 222 valence electrons. The van der Waals surface area contributed by atoms with Crippen molar-refractivity contribution in [2.75, 3.05) is 26.1 Å². The second kappa shape index (κ2) is 10.9. The number of carbonyl (C=O) groups is 1. The van der Waals surface area contributed by atoms with Crippen LogP contribution in [0.4, 0.5) is 10.2 Å². The number of alkyl halides is 1. The van der Waals surface area contributed by atoms with Gasteiger partial charge in [-0.3, -0.25) is 9.32 Å². The number of nitrogens with one attached hydrogen (secondary N) is 1. The number of methoxy groups -OCH3 is 1. The van der Waals surface area contributed by atoms with Crippen molar-refractivity contribution in [1.29, 1.82) is 0 Å². The zero-order valence-corrected chi connectivity index (χ0v) is 23.3. The fourth-order valence-electron chi connectivity index (χ4n) is 4.87. The van der Waals surface area contributed by atoms with Crippen LogP contribution in [0.15, 0.2) is 48.8 Å². The van der Waals surface area contributed by atoms with E-state index in [4.69, 9.17) is 29.0 Å². The predicted octanol–water partition coefficient (Wildman–Crippen LogP) is 1.33. The molecule has 1 aliphatic carbocycles. The molecule has 5 rings (SSSR count). The fraction of sp³-hybridized carbons (Fsp3) is 0.480. The largest absolute Gasteiger partial charge is 0.462 e. The summed E-state index contributed by atoms with van der Waals surface area (Å²) in [5.74, 6) is -0.527. The van der Waals surface area contributed by atoms with E-state index in [-0.39, 0.29) is 30.0 Å². The molecule has 41 heavy (non-hydrogen) atoms. The number of anilines is 1. The van der Waals surface area contributed by atoms with E-state index in [1.54, 1.807) is 37.3 Å². The van der Waals surface area contributed by atoms with Crippen molar-refractivity contribution in [3.8, 4) is 5.75 Å². The summed E-state index contributed by atoms with van der Waals surface area (Å²) in [7, 11) is -3.09. The molecule has 1 saturated carbocycles. The molecule has 8 atom stereocenters. The minimum Gasteiger partial charge on any atom is -0.462 e. The standard InChI is InChI=1S/C25H31FN5O9P/c1-14(36-3)11-37-22(33)15(2)30-41(35,39-16-7-5-4-6-8-16)40-23-24(12-26)25(23,34)20(32)19(38-24)17-9-10-18-21(27)28-13-29-31(17)18/h4-10,13-15,19-20,23,32,34H,11-12H2,1-3H3,(H,30,35)(H2,27,28,29)/t14-,15-,19+,20-,23+,24+,25+,41+/m0/s1. The molecule has 1 aliphatic heterocycles. The lowest BCUT2D eigenvalue weighted by molar-refractivity contribution is -0.148. The van der Waals surface area contributed by atoms with Gasteiger partial charge in [-0.25, -0.2) is 18.5 Å². The third kappa shape index (κ3) is 4.97. The Bertz CT molecular complexity index is 1460. The fourth-order valence-corrected chi connectivity index (χ4v) is 6.61. The highest BCUT2D eigenvalue weighted by molar-refractivity contribution is 7.52. The van der Waals surface area contributed by atoms with Gasteiger partial charge in [-0.05, 0) is 38.1 Å². The van der Waals surface area contributed by atoms with Gasteiger partial charge < -0.3 is 34.7 Å². The van der Waals surface area contributed by atoms with Crippen LogP contribution in [0.25, 0.3) is 5.52 Å². The number of nitrogen functional groups attached to an aromatic ring is 1. The molecule has 0 radical (unpaired) electrons. The van der Waals surface area contributed by atoms with E-state index in [1.165, 1.54) is 37.0 Å². The second-order valence-corrected chi connectivity index (χ2v) is 11.6. The monoisotopic (exact) mass is 595 g/mol. The molecule has 16 heteroatoms. The van der Waals surface area contributed by atoms with Crippen molar-refractivity contribution >= 4 is 25.1 Å². The highest BCUT2D eigenvalue weighted by Gasteiger charge is 2.89. The molecule has 3 aromatic rings. The summed E-state index contributed by atoms with van der Waals surface area (Å²) in [4.78, 5) is 16.5. The number of hydrogen-bond donors (Lipinski definition) is 4. The Kier molecular flexibility index (Phi) is 7.80. The Hall–Kier alpha value is -3.17. The van der Waals surface area contributed by atoms with Crippen LogP contribution in [-0.4, -0.2) is 86.7 Å². The number of rotatable bonds is 12. The zero-order chi connectivity index (χ0) is 29.6. The number of hydrogen-bond acceptors (Lipinski definition) is 12. The molecule has 0 bridgehead atoms. The summed E-state index contributed by atoms with van der Waals surface area (Å²) in [6.07, 6.45) is -3.81. The molecule has 2 fully saturated rings. The first-order chi connectivity index (χ1) is 19.5. The lowest BCUT2D eigenvalue weighted by atomic mass is 10.0. The molecule has 0 amide bonds. The number of benzene rings is 1. The minimum atomic E-state index is -4.55. The van der Waals surface area contributed by atoms with E-state index >= 15 is 0 Å². The van der Waals surface area contributed by atoms with Crippen LogP contribution in [-0.2, 0) is 28.1 Å². The maximum atomic E-state index is 14.6. The van der Waals surface area contributed by atoms with Gasteiger partial charge in [0.05, 0.1) is 11.8 Å². The van der Waals surface area contributed by atoms with Gasteiger partial charge in [0.25, 0.3) is 0 Å². The van der Waals surface area contributed by atoms with E-state index in [9.17, 15) is 24.0 Å². The van der Waals surface area contributed by atoms with Gasteiger partial charge in [-0.1, -0.05) is 18.2 Å². The molecule has 3 heterocycles. The quantitative estimate of drug-likeness (QED) is 0.174. The van der Waals surface area contributed by atoms with Crippen LogP contribution in [0.3, 0.4) is 0 Å². The van der Waals surface area contributed by atoms with Crippen LogP contribution >= 0.6 is 7.75 Å². The molecule has 14 nitrogen and oxygen atoms in total. The van der Waals surface area contributed by atoms with E-state index in [2.05, 4.69) is 15.2 Å². The van der Waals surface area contributed by atoms with Crippen LogP contribution in [0.5, 0.6) is 5.75 Å². The summed E-state index contributed by atoms with van der Waals surface area (Å²) < 4.78 is 57.4. The average Bonchev–Trinajstić information content (AvgIpc) is 3.21. The lowest BCUT2D eigenvalue weighted by Gasteiger charge is -2.27. The molecule has 0 spiro atoms. The number of aromatic nitrogens is 3. The highest BCUT2D eigenvalue weighted by atomic mass is 31.2. The topological polar surface area (TPSA) is 189 Å². The number of carbonyl (C=O) groups excluding carboxylic acids is 1. The van der Waals surface area contributed by atoms with Crippen molar-refractivity contribution in [2.45, 2.75) is 55.5 Å². The van der Waals surface area contributed by atoms with Crippen LogP contribution < -0.4 is 15.3 Å². The molecule has 2 aromatic heterocycles. The average molecular weight is 596 g/mol. The summed E-state index contributed by atoms with van der Waals surface area (Å²) in [5.41, 5.74) is 2.14. The number of esters is 1. The number of nitrogens with zero attached hydrogens (tertiary/aromatic N) is 3. The third-order valence-corrected chi connectivity index (χ3v) is 8.92. The first-order valence-corrected chi connectivity index (χ1v) is 14.3. The number of aliphatic hydroxyl groups is 2. The molecular weight excluding hydrogens is 564 g/mol. The van der Waals surface area contributed by atoms with Gasteiger partial charge in [-0.2, -0.15) is 10.2 Å². The summed E-state index contributed by atoms with van der Waals surface area (Å²) in [6, 6.07) is 9.81. The maximum Gasteiger partial charge on any atom is 0.459 e. The molecule has 5 N–H and O–H groups in total. The Morgan fingerprint density at radius 2 is 2.02 bits per heavy atom. The lowest BCUT2D eigenvalue weighted by Crippen LogP contribution is -2.39. The number of fused-ring (bicyclic) bond motifs is 2. The van der Waals surface area contributed by atoms with Gasteiger partial charge >= 0.3 is 13.7 Å². The van der Waals surface area contributed by atoms with E-state index in [0.717, 1.165) is 0 Å². The van der Waals surface area contributed by atoms with E-state index in [1.807, 2.05) is 0 Å². The Morgan fingerprint density at radius 1 is 1.29 bits per heavy atom. The number of halogens is 1. The van der Waals surface area contributed by atoms with Crippen LogP contribution in [0.2, 0.25) is 0 Å². The van der Waals surface area contributed by atoms with Crippen LogP contribution in [0.1, 0.15) is 25.6 Å². The van der Waals surface area contributed by atoms with Crippen LogP contribution in [0, 0.1) is 0 Å². The summed E-state index contributed by atoms with van der Waals surface area (Å²) in [5, 5.41) is 29.2. The van der Waals surface area contributed by atoms with Crippen molar-refractivity contribution in [3.63, 3.8) is 0 Å². The summed E-state index contributed by atoms with van der Waals surface area (Å²) in [6.45, 7) is 1.69. The van der Waals surface area contributed by atoms with E-state index < -0.39 is 55.9 Å². The number of ether oxygens (including phenoxy) is 3. The zero-order valence-electron chi connectivity index (χ0n) is 22.4. The predicted molar refractivity (Wildman–Crippen MR) is 140 cm³/mol. The van der Waals surface area contributed by atoms with Gasteiger partial charge in [0.15, 0.2) is 17.0 Å². The molecular formula is C25H31FN5O9P. The first-order valence-electron chi connectivity index (χ1n) is 12.7.